The third-order valence-corrected chi connectivity index (χ3v) is 3.54. The second-order valence-electron chi connectivity index (χ2n) is 5.57. The lowest BCUT2D eigenvalue weighted by Gasteiger charge is -2.08. The minimum absolute atomic E-state index is 0.0685. The van der Waals surface area contributed by atoms with Crippen molar-refractivity contribution < 1.29 is 23.5 Å². The Morgan fingerprint density at radius 2 is 1.92 bits per heavy atom. The van der Waals surface area contributed by atoms with Crippen LogP contribution in [0, 0.1) is 13.8 Å². The zero-order chi connectivity index (χ0) is 18.2. The maximum atomic E-state index is 11.8. The Morgan fingerprint density at radius 3 is 2.60 bits per heavy atom. The Labute approximate surface area is 145 Å². The molecule has 0 aliphatic heterocycles. The molecule has 1 aromatic heterocycles. The van der Waals surface area contributed by atoms with Crippen molar-refractivity contribution >= 4 is 17.9 Å². The molecule has 0 fully saturated rings. The first kappa shape index (κ1) is 18.3. The SMILES string of the molecule is Cc1ccc(CC(=O)OCC(=O)NC(=O)NCc2ccco2)cc1C. The first-order chi connectivity index (χ1) is 11.9. The summed E-state index contributed by atoms with van der Waals surface area (Å²) in [7, 11) is 0. The minimum atomic E-state index is -0.703. The normalized spacial score (nSPS) is 10.2. The van der Waals surface area contributed by atoms with E-state index in [-0.39, 0.29) is 13.0 Å². The number of benzene rings is 1. The Balaban J connectivity index is 1.68. The average Bonchev–Trinajstić information content (AvgIpc) is 3.08. The molecule has 0 spiro atoms. The highest BCUT2D eigenvalue weighted by Crippen LogP contribution is 2.10. The number of hydrogen-bond donors (Lipinski definition) is 2. The van der Waals surface area contributed by atoms with E-state index in [1.165, 1.54) is 6.26 Å². The van der Waals surface area contributed by atoms with Gasteiger partial charge >= 0.3 is 12.0 Å². The molecule has 0 unspecified atom stereocenters. The Kier molecular flexibility index (Phi) is 6.33. The standard InChI is InChI=1S/C18H20N2O5/c1-12-5-6-14(8-13(12)2)9-17(22)25-11-16(21)20-18(23)19-10-15-4-3-7-24-15/h3-8H,9-11H2,1-2H3,(H2,19,20,21,23). The number of rotatable bonds is 6. The van der Waals surface area contributed by atoms with Gasteiger partial charge < -0.3 is 14.5 Å². The number of nitrogens with one attached hydrogen (secondary N) is 2. The number of imide groups is 1. The lowest BCUT2D eigenvalue weighted by molar-refractivity contribution is -0.147. The molecule has 0 saturated heterocycles. The third-order valence-electron chi connectivity index (χ3n) is 3.54. The molecule has 2 N–H and O–H groups in total. The summed E-state index contributed by atoms with van der Waals surface area (Å²) in [5, 5.41) is 4.52. The second kappa shape index (κ2) is 8.68. The van der Waals surface area contributed by atoms with Gasteiger partial charge in [0.15, 0.2) is 6.61 Å². The molecule has 7 heteroatoms. The smallest absolute Gasteiger partial charge is 0.321 e. The van der Waals surface area contributed by atoms with E-state index in [2.05, 4.69) is 10.6 Å². The fourth-order valence-corrected chi connectivity index (χ4v) is 2.06. The number of esters is 1. The molecule has 132 valence electrons. The van der Waals surface area contributed by atoms with Crippen molar-refractivity contribution in [1.82, 2.24) is 10.6 Å². The fourth-order valence-electron chi connectivity index (χ4n) is 2.06. The van der Waals surface area contributed by atoms with Gasteiger partial charge in [-0.2, -0.15) is 0 Å². The Morgan fingerprint density at radius 1 is 1.12 bits per heavy atom. The van der Waals surface area contributed by atoms with Crippen molar-refractivity contribution in [2.24, 2.45) is 0 Å². The fraction of sp³-hybridized carbons (Fsp3) is 0.278. The molecule has 0 atom stereocenters. The predicted molar refractivity (Wildman–Crippen MR) is 89.7 cm³/mol. The molecule has 0 bridgehead atoms. The van der Waals surface area contributed by atoms with Crippen LogP contribution in [0.1, 0.15) is 22.5 Å². The van der Waals surface area contributed by atoms with Gasteiger partial charge in [0, 0.05) is 0 Å². The van der Waals surface area contributed by atoms with Gasteiger partial charge in [0.1, 0.15) is 5.76 Å². The number of furan rings is 1. The van der Waals surface area contributed by atoms with Crippen molar-refractivity contribution in [3.05, 3.63) is 59.0 Å². The first-order valence-corrected chi connectivity index (χ1v) is 7.76. The Hall–Kier alpha value is -3.09. The molecule has 3 amide bonds. The van der Waals surface area contributed by atoms with Crippen LogP contribution in [0.15, 0.2) is 41.0 Å². The van der Waals surface area contributed by atoms with Crippen molar-refractivity contribution in [2.75, 3.05) is 6.61 Å². The van der Waals surface area contributed by atoms with Crippen molar-refractivity contribution in [3.8, 4) is 0 Å². The summed E-state index contributed by atoms with van der Waals surface area (Å²) < 4.78 is 9.92. The number of ether oxygens (including phenoxy) is 1. The lowest BCUT2D eigenvalue weighted by Crippen LogP contribution is -2.41. The van der Waals surface area contributed by atoms with E-state index >= 15 is 0 Å². The van der Waals surface area contributed by atoms with Gasteiger partial charge in [0.05, 0.1) is 19.2 Å². The molecule has 25 heavy (non-hydrogen) atoms. The maximum absolute atomic E-state index is 11.8. The van der Waals surface area contributed by atoms with E-state index in [1.807, 2.05) is 32.0 Å². The van der Waals surface area contributed by atoms with Gasteiger partial charge in [-0.1, -0.05) is 18.2 Å². The highest BCUT2D eigenvalue weighted by Gasteiger charge is 2.12. The molecule has 7 nitrogen and oxygen atoms in total. The monoisotopic (exact) mass is 344 g/mol. The summed E-state index contributed by atoms with van der Waals surface area (Å²) >= 11 is 0. The number of hydrogen-bond acceptors (Lipinski definition) is 5. The quantitative estimate of drug-likeness (QED) is 0.781. The molecule has 0 aliphatic rings. The summed E-state index contributed by atoms with van der Waals surface area (Å²) in [5.74, 6) is -0.679. The van der Waals surface area contributed by atoms with Crippen molar-refractivity contribution in [3.63, 3.8) is 0 Å². The molecule has 1 aromatic carbocycles. The van der Waals surface area contributed by atoms with Crippen molar-refractivity contribution in [2.45, 2.75) is 26.8 Å². The molecule has 1 heterocycles. The molecule has 2 aromatic rings. The van der Waals surface area contributed by atoms with E-state index in [4.69, 9.17) is 9.15 Å². The molecular weight excluding hydrogens is 324 g/mol. The zero-order valence-corrected chi connectivity index (χ0v) is 14.1. The highest BCUT2D eigenvalue weighted by molar-refractivity contribution is 5.95. The van der Waals surface area contributed by atoms with Crippen LogP contribution >= 0.6 is 0 Å². The van der Waals surface area contributed by atoms with E-state index in [0.29, 0.717) is 5.76 Å². The van der Waals surface area contributed by atoms with Gasteiger partial charge in [-0.25, -0.2) is 4.79 Å². The highest BCUT2D eigenvalue weighted by atomic mass is 16.5. The molecule has 0 aliphatic carbocycles. The van der Waals surface area contributed by atoms with Crippen LogP contribution < -0.4 is 10.6 Å². The van der Waals surface area contributed by atoms with Crippen LogP contribution in [-0.4, -0.2) is 24.5 Å². The van der Waals surface area contributed by atoms with Crippen LogP contribution in [0.2, 0.25) is 0 Å². The van der Waals surface area contributed by atoms with Crippen LogP contribution in [0.5, 0.6) is 0 Å². The number of carbonyl (C=O) groups excluding carboxylic acids is 3. The summed E-state index contributed by atoms with van der Waals surface area (Å²) in [5.41, 5.74) is 3.03. The summed E-state index contributed by atoms with van der Waals surface area (Å²) in [6, 6.07) is 8.36. The van der Waals surface area contributed by atoms with Crippen LogP contribution in [0.3, 0.4) is 0 Å². The Bertz CT molecular complexity index is 753. The van der Waals surface area contributed by atoms with E-state index in [1.54, 1.807) is 12.1 Å². The van der Waals surface area contributed by atoms with E-state index < -0.39 is 24.5 Å². The van der Waals surface area contributed by atoms with E-state index in [9.17, 15) is 14.4 Å². The first-order valence-electron chi connectivity index (χ1n) is 7.76. The molecular formula is C18H20N2O5. The van der Waals surface area contributed by atoms with Gasteiger partial charge in [-0.3, -0.25) is 14.9 Å². The van der Waals surface area contributed by atoms with Crippen molar-refractivity contribution in [1.29, 1.82) is 0 Å². The number of aryl methyl sites for hydroxylation is 2. The summed E-state index contributed by atoms with van der Waals surface area (Å²) in [4.78, 5) is 34.9. The van der Waals surface area contributed by atoms with Crippen LogP contribution in [-0.2, 0) is 27.3 Å². The zero-order valence-electron chi connectivity index (χ0n) is 14.1. The average molecular weight is 344 g/mol. The van der Waals surface area contributed by atoms with Gasteiger partial charge in [-0.15, -0.1) is 0 Å². The number of amides is 3. The topological polar surface area (TPSA) is 97.6 Å². The summed E-state index contributed by atoms with van der Waals surface area (Å²) in [6.45, 7) is 3.58. The van der Waals surface area contributed by atoms with E-state index in [0.717, 1.165) is 16.7 Å². The molecule has 2 rings (SSSR count). The van der Waals surface area contributed by atoms with Crippen LogP contribution in [0.4, 0.5) is 4.79 Å². The number of urea groups is 1. The van der Waals surface area contributed by atoms with Gasteiger partial charge in [-0.05, 0) is 42.7 Å². The maximum Gasteiger partial charge on any atom is 0.321 e. The third kappa shape index (κ3) is 6.14. The second-order valence-corrected chi connectivity index (χ2v) is 5.57. The lowest BCUT2D eigenvalue weighted by atomic mass is 10.0. The molecule has 0 saturated carbocycles. The largest absolute Gasteiger partial charge is 0.467 e. The minimum Gasteiger partial charge on any atom is -0.467 e. The van der Waals surface area contributed by atoms with Gasteiger partial charge in [0.2, 0.25) is 0 Å². The van der Waals surface area contributed by atoms with Gasteiger partial charge in [0.25, 0.3) is 5.91 Å². The summed E-state index contributed by atoms with van der Waals surface area (Å²) in [6.07, 6.45) is 1.55. The predicted octanol–water partition coefficient (Wildman–Crippen LogP) is 2.01. The molecule has 0 radical (unpaired) electrons. The van der Waals surface area contributed by atoms with Crippen LogP contribution in [0.25, 0.3) is 0 Å². The number of carbonyl (C=O) groups is 3.